The molecule has 0 aliphatic carbocycles. The van der Waals surface area contributed by atoms with Gasteiger partial charge in [0.1, 0.15) is 6.04 Å². The van der Waals surface area contributed by atoms with Crippen molar-refractivity contribution in [2.75, 3.05) is 19.8 Å². The summed E-state index contributed by atoms with van der Waals surface area (Å²) in [6.07, 6.45) is 5.82. The van der Waals surface area contributed by atoms with E-state index in [1.165, 1.54) is 4.31 Å². The highest BCUT2D eigenvalue weighted by atomic mass is 32.2. The number of pyridine rings is 1. The van der Waals surface area contributed by atoms with Gasteiger partial charge in [0, 0.05) is 32.5 Å². The van der Waals surface area contributed by atoms with Gasteiger partial charge in [0.25, 0.3) is 0 Å². The first-order valence-electron chi connectivity index (χ1n) is 6.50. The van der Waals surface area contributed by atoms with Gasteiger partial charge in [-0.15, -0.1) is 0 Å². The topological polar surface area (TPSA) is 70.6 Å². The molecular formula is C13H19N3O3S. The molecule has 2 rings (SSSR count). The molecule has 6 nitrogen and oxygen atoms in total. The van der Waals surface area contributed by atoms with Crippen LogP contribution in [-0.4, -0.2) is 54.4 Å². The van der Waals surface area contributed by atoms with E-state index in [2.05, 4.69) is 4.98 Å². The predicted octanol–water partition coefficient (Wildman–Crippen LogP) is 0.464. The van der Waals surface area contributed by atoms with Crippen molar-refractivity contribution >= 4 is 15.9 Å². The van der Waals surface area contributed by atoms with E-state index in [4.69, 9.17) is 0 Å². The Hall–Kier alpha value is -1.47. The van der Waals surface area contributed by atoms with Crippen LogP contribution in [0.4, 0.5) is 0 Å². The van der Waals surface area contributed by atoms with Gasteiger partial charge in [-0.3, -0.25) is 9.78 Å². The Kier molecular flexibility index (Phi) is 4.39. The van der Waals surface area contributed by atoms with Crippen molar-refractivity contribution in [2.24, 2.45) is 0 Å². The van der Waals surface area contributed by atoms with Gasteiger partial charge in [-0.2, -0.15) is 4.31 Å². The third kappa shape index (κ3) is 3.34. The van der Waals surface area contributed by atoms with E-state index < -0.39 is 16.1 Å². The number of hydrogen-bond acceptors (Lipinski definition) is 4. The molecule has 0 aromatic carbocycles. The van der Waals surface area contributed by atoms with Crippen LogP contribution in [0.1, 0.15) is 18.4 Å². The molecule has 7 heteroatoms. The Morgan fingerprint density at radius 2 is 2.10 bits per heavy atom. The van der Waals surface area contributed by atoms with Crippen LogP contribution in [0, 0.1) is 0 Å². The lowest BCUT2D eigenvalue weighted by Gasteiger charge is -2.26. The second-order valence-corrected chi connectivity index (χ2v) is 7.02. The molecule has 20 heavy (non-hydrogen) atoms. The van der Waals surface area contributed by atoms with Crippen molar-refractivity contribution in [1.29, 1.82) is 0 Å². The van der Waals surface area contributed by atoms with Crippen molar-refractivity contribution in [2.45, 2.75) is 25.4 Å². The molecule has 1 aliphatic heterocycles. The number of sulfonamides is 1. The molecule has 0 bridgehead atoms. The number of carbonyl (C=O) groups is 1. The Morgan fingerprint density at radius 3 is 2.70 bits per heavy atom. The minimum atomic E-state index is -3.33. The highest BCUT2D eigenvalue weighted by Crippen LogP contribution is 2.22. The van der Waals surface area contributed by atoms with E-state index in [0.717, 1.165) is 18.2 Å². The van der Waals surface area contributed by atoms with Crippen molar-refractivity contribution in [1.82, 2.24) is 14.2 Å². The SMILES string of the molecule is CN(Cc1ccncc1)C(=O)[C@@H]1CCCN1S(C)(=O)=O. The lowest BCUT2D eigenvalue weighted by Crippen LogP contribution is -2.45. The smallest absolute Gasteiger partial charge is 0.241 e. The fourth-order valence-electron chi connectivity index (χ4n) is 2.48. The van der Waals surface area contributed by atoms with E-state index in [1.807, 2.05) is 12.1 Å². The molecule has 1 aliphatic rings. The number of aromatic nitrogens is 1. The van der Waals surface area contributed by atoms with Gasteiger partial charge in [0.2, 0.25) is 15.9 Å². The van der Waals surface area contributed by atoms with Crippen LogP contribution in [0.3, 0.4) is 0 Å². The van der Waals surface area contributed by atoms with Gasteiger partial charge in [-0.25, -0.2) is 8.42 Å². The van der Waals surface area contributed by atoms with E-state index in [-0.39, 0.29) is 5.91 Å². The van der Waals surface area contributed by atoms with Crippen molar-refractivity contribution < 1.29 is 13.2 Å². The first kappa shape index (κ1) is 14.9. The molecule has 1 amide bonds. The number of hydrogen-bond donors (Lipinski definition) is 0. The molecule has 110 valence electrons. The highest BCUT2D eigenvalue weighted by Gasteiger charge is 2.37. The zero-order valence-corrected chi connectivity index (χ0v) is 12.5. The largest absolute Gasteiger partial charge is 0.340 e. The first-order valence-corrected chi connectivity index (χ1v) is 8.35. The van der Waals surface area contributed by atoms with Crippen LogP contribution in [0.15, 0.2) is 24.5 Å². The third-order valence-electron chi connectivity index (χ3n) is 3.46. The van der Waals surface area contributed by atoms with Crippen LogP contribution < -0.4 is 0 Å². The molecule has 0 saturated carbocycles. The van der Waals surface area contributed by atoms with Gasteiger partial charge in [-0.1, -0.05) is 0 Å². The molecule has 1 aromatic rings. The zero-order chi connectivity index (χ0) is 14.8. The van der Waals surface area contributed by atoms with E-state index >= 15 is 0 Å². The molecule has 2 heterocycles. The quantitative estimate of drug-likeness (QED) is 0.810. The summed E-state index contributed by atoms with van der Waals surface area (Å²) >= 11 is 0. The molecule has 1 aromatic heterocycles. The summed E-state index contributed by atoms with van der Waals surface area (Å²) in [5, 5.41) is 0. The number of amides is 1. The molecule has 0 spiro atoms. The second kappa shape index (κ2) is 5.88. The number of nitrogens with zero attached hydrogens (tertiary/aromatic N) is 3. The van der Waals surface area contributed by atoms with Gasteiger partial charge >= 0.3 is 0 Å². The molecule has 1 fully saturated rings. The van der Waals surface area contributed by atoms with Crippen LogP contribution in [0.2, 0.25) is 0 Å². The molecule has 0 N–H and O–H groups in total. The number of rotatable bonds is 4. The highest BCUT2D eigenvalue weighted by molar-refractivity contribution is 7.88. The fraction of sp³-hybridized carbons (Fsp3) is 0.538. The van der Waals surface area contributed by atoms with Crippen LogP contribution in [0.5, 0.6) is 0 Å². The summed E-state index contributed by atoms with van der Waals surface area (Å²) in [7, 11) is -1.63. The second-order valence-electron chi connectivity index (χ2n) is 5.08. The summed E-state index contributed by atoms with van der Waals surface area (Å²) in [6.45, 7) is 0.883. The standard InChI is InChI=1S/C13H19N3O3S/c1-15(10-11-5-7-14-8-6-11)13(17)12-4-3-9-16(12)20(2,18)19/h5-8,12H,3-4,9-10H2,1-2H3/t12-/m0/s1. The van der Waals surface area contributed by atoms with Gasteiger partial charge < -0.3 is 4.90 Å². The molecule has 0 radical (unpaired) electrons. The van der Waals surface area contributed by atoms with Crippen LogP contribution in [0.25, 0.3) is 0 Å². The summed E-state index contributed by atoms with van der Waals surface area (Å²) in [5.74, 6) is -0.148. The molecule has 1 atom stereocenters. The van der Waals surface area contributed by atoms with Gasteiger partial charge in [0.05, 0.1) is 6.26 Å². The predicted molar refractivity (Wildman–Crippen MR) is 75.3 cm³/mol. The maximum atomic E-state index is 12.4. The van der Waals surface area contributed by atoms with Crippen molar-refractivity contribution in [3.63, 3.8) is 0 Å². The lowest BCUT2D eigenvalue weighted by molar-refractivity contribution is -0.133. The normalized spacial score (nSPS) is 20.0. The third-order valence-corrected chi connectivity index (χ3v) is 4.75. The minimum Gasteiger partial charge on any atom is -0.340 e. The molecule has 1 saturated heterocycles. The Labute approximate surface area is 119 Å². The summed E-state index contributed by atoms with van der Waals surface area (Å²) in [5.41, 5.74) is 0.972. The maximum Gasteiger partial charge on any atom is 0.241 e. The van der Waals surface area contributed by atoms with E-state index in [1.54, 1.807) is 24.3 Å². The van der Waals surface area contributed by atoms with Crippen molar-refractivity contribution in [3.05, 3.63) is 30.1 Å². The number of likely N-dealkylation sites (N-methyl/N-ethyl adjacent to an activating group) is 1. The average Bonchev–Trinajstić information content (AvgIpc) is 2.88. The van der Waals surface area contributed by atoms with Crippen LogP contribution >= 0.6 is 0 Å². The molecular weight excluding hydrogens is 278 g/mol. The Balaban J connectivity index is 2.07. The zero-order valence-electron chi connectivity index (χ0n) is 11.7. The Bertz CT molecular complexity index is 574. The van der Waals surface area contributed by atoms with Crippen molar-refractivity contribution in [3.8, 4) is 0 Å². The monoisotopic (exact) mass is 297 g/mol. The Morgan fingerprint density at radius 1 is 1.45 bits per heavy atom. The average molecular weight is 297 g/mol. The summed E-state index contributed by atoms with van der Waals surface area (Å²) < 4.78 is 24.7. The lowest BCUT2D eigenvalue weighted by atomic mass is 10.2. The van der Waals surface area contributed by atoms with E-state index in [9.17, 15) is 13.2 Å². The maximum absolute atomic E-state index is 12.4. The first-order chi connectivity index (χ1) is 9.39. The summed E-state index contributed by atoms with van der Waals surface area (Å²) in [6, 6.07) is 3.12. The fourth-order valence-corrected chi connectivity index (χ4v) is 3.60. The summed E-state index contributed by atoms with van der Waals surface area (Å²) in [4.78, 5) is 17.9. The van der Waals surface area contributed by atoms with Gasteiger partial charge in [0.15, 0.2) is 0 Å². The molecule has 0 unspecified atom stereocenters. The number of carbonyl (C=O) groups excluding carboxylic acids is 1. The van der Waals surface area contributed by atoms with Crippen LogP contribution in [-0.2, 0) is 21.4 Å². The minimum absolute atomic E-state index is 0.148. The van der Waals surface area contributed by atoms with E-state index in [0.29, 0.717) is 19.5 Å². The van der Waals surface area contributed by atoms with Gasteiger partial charge in [-0.05, 0) is 30.5 Å².